The van der Waals surface area contributed by atoms with E-state index in [2.05, 4.69) is 41.8 Å². The molecule has 4 heteroatoms. The Morgan fingerprint density at radius 3 is 2.20 bits per heavy atom. The van der Waals surface area contributed by atoms with Gasteiger partial charge >= 0.3 is 0 Å². The number of hydrogen-bond acceptors (Lipinski definition) is 2. The van der Waals surface area contributed by atoms with Crippen LogP contribution in [0.25, 0.3) is 0 Å². The number of hydrogen-bond donors (Lipinski definition) is 2. The zero-order valence-electron chi connectivity index (χ0n) is 12.5. The SMILES string of the molecule is CCc1ccc(CCC(=O)NCC(=O)NC(C)C)cc1. The predicted molar refractivity (Wildman–Crippen MR) is 80.4 cm³/mol. The largest absolute Gasteiger partial charge is 0.352 e. The standard InChI is InChI=1S/C16H24N2O2/c1-4-13-5-7-14(8-6-13)9-10-15(19)17-11-16(20)18-12(2)3/h5-8,12H,4,9-11H2,1-3H3,(H,17,19)(H,18,20). The Labute approximate surface area is 121 Å². The maximum absolute atomic E-state index is 11.6. The van der Waals surface area contributed by atoms with Crippen LogP contribution in [0.5, 0.6) is 0 Å². The second-order valence-corrected chi connectivity index (χ2v) is 5.17. The molecule has 0 aliphatic rings. The first-order valence-electron chi connectivity index (χ1n) is 7.15. The van der Waals surface area contributed by atoms with Crippen molar-refractivity contribution in [3.8, 4) is 0 Å². The zero-order valence-corrected chi connectivity index (χ0v) is 12.5. The zero-order chi connectivity index (χ0) is 15.0. The number of carbonyl (C=O) groups excluding carboxylic acids is 2. The van der Waals surface area contributed by atoms with Crippen LogP contribution >= 0.6 is 0 Å². The van der Waals surface area contributed by atoms with Crippen LogP contribution in [0.1, 0.15) is 38.3 Å². The highest BCUT2D eigenvalue weighted by atomic mass is 16.2. The average Bonchev–Trinajstić information content (AvgIpc) is 2.42. The molecule has 0 aliphatic carbocycles. The number of rotatable bonds is 7. The number of carbonyl (C=O) groups is 2. The van der Waals surface area contributed by atoms with E-state index in [-0.39, 0.29) is 24.4 Å². The van der Waals surface area contributed by atoms with Crippen LogP contribution in [0.3, 0.4) is 0 Å². The lowest BCUT2D eigenvalue weighted by molar-refractivity contribution is -0.126. The Hall–Kier alpha value is -1.84. The normalized spacial score (nSPS) is 10.4. The molecule has 0 bridgehead atoms. The topological polar surface area (TPSA) is 58.2 Å². The summed E-state index contributed by atoms with van der Waals surface area (Å²) in [5.41, 5.74) is 2.44. The Morgan fingerprint density at radius 1 is 1.05 bits per heavy atom. The van der Waals surface area contributed by atoms with Crippen LogP contribution in [0.15, 0.2) is 24.3 Å². The molecule has 1 rings (SSSR count). The van der Waals surface area contributed by atoms with Crippen molar-refractivity contribution in [2.24, 2.45) is 0 Å². The summed E-state index contributed by atoms with van der Waals surface area (Å²) in [4.78, 5) is 23.0. The molecular weight excluding hydrogens is 252 g/mol. The van der Waals surface area contributed by atoms with Crippen molar-refractivity contribution in [2.45, 2.75) is 46.1 Å². The fourth-order valence-corrected chi connectivity index (χ4v) is 1.84. The maximum atomic E-state index is 11.6. The van der Waals surface area contributed by atoms with Crippen LogP contribution < -0.4 is 10.6 Å². The molecule has 1 aromatic rings. The molecule has 0 heterocycles. The molecule has 2 N–H and O–H groups in total. The fourth-order valence-electron chi connectivity index (χ4n) is 1.84. The molecule has 4 nitrogen and oxygen atoms in total. The lowest BCUT2D eigenvalue weighted by Gasteiger charge is -2.09. The van der Waals surface area contributed by atoms with Crippen LogP contribution in [-0.4, -0.2) is 24.4 Å². The highest BCUT2D eigenvalue weighted by Crippen LogP contribution is 2.07. The second kappa shape index (κ2) is 8.35. The van der Waals surface area contributed by atoms with Crippen molar-refractivity contribution >= 4 is 11.8 Å². The lowest BCUT2D eigenvalue weighted by atomic mass is 10.1. The Bertz CT molecular complexity index is 438. The molecule has 2 amide bonds. The van der Waals surface area contributed by atoms with E-state index in [1.165, 1.54) is 5.56 Å². The Balaban J connectivity index is 2.27. The van der Waals surface area contributed by atoms with Crippen molar-refractivity contribution in [2.75, 3.05) is 6.54 Å². The molecule has 0 atom stereocenters. The first-order chi connectivity index (χ1) is 9.51. The number of amides is 2. The van der Waals surface area contributed by atoms with E-state index in [1.54, 1.807) is 0 Å². The summed E-state index contributed by atoms with van der Waals surface area (Å²) in [6, 6.07) is 8.37. The summed E-state index contributed by atoms with van der Waals surface area (Å²) < 4.78 is 0. The molecule has 0 saturated heterocycles. The molecule has 110 valence electrons. The van der Waals surface area contributed by atoms with E-state index in [4.69, 9.17) is 0 Å². The summed E-state index contributed by atoms with van der Waals surface area (Å²) in [7, 11) is 0. The van der Waals surface area contributed by atoms with Crippen molar-refractivity contribution in [3.05, 3.63) is 35.4 Å². The Morgan fingerprint density at radius 2 is 1.65 bits per heavy atom. The quantitative estimate of drug-likeness (QED) is 0.798. The van der Waals surface area contributed by atoms with Gasteiger partial charge in [0.2, 0.25) is 11.8 Å². The van der Waals surface area contributed by atoms with Crippen LogP contribution in [0.4, 0.5) is 0 Å². The Kier molecular flexibility index (Phi) is 6.77. The van der Waals surface area contributed by atoms with Gasteiger partial charge in [0.25, 0.3) is 0 Å². The van der Waals surface area contributed by atoms with Crippen molar-refractivity contribution in [1.29, 1.82) is 0 Å². The van der Waals surface area contributed by atoms with E-state index in [0.717, 1.165) is 12.0 Å². The average molecular weight is 276 g/mol. The number of nitrogens with one attached hydrogen (secondary N) is 2. The van der Waals surface area contributed by atoms with Gasteiger partial charge in [-0.3, -0.25) is 9.59 Å². The molecule has 0 aliphatic heterocycles. The molecule has 0 unspecified atom stereocenters. The van der Waals surface area contributed by atoms with Gasteiger partial charge in [-0.05, 0) is 37.8 Å². The van der Waals surface area contributed by atoms with E-state index in [1.807, 2.05) is 13.8 Å². The van der Waals surface area contributed by atoms with Crippen molar-refractivity contribution in [3.63, 3.8) is 0 Å². The highest BCUT2D eigenvalue weighted by Gasteiger charge is 2.06. The summed E-state index contributed by atoms with van der Waals surface area (Å²) in [5, 5.41) is 5.36. The maximum Gasteiger partial charge on any atom is 0.239 e. The summed E-state index contributed by atoms with van der Waals surface area (Å²) in [5.74, 6) is -0.246. The van der Waals surface area contributed by atoms with Gasteiger partial charge in [-0.15, -0.1) is 0 Å². The fraction of sp³-hybridized carbons (Fsp3) is 0.500. The smallest absolute Gasteiger partial charge is 0.239 e. The first-order valence-corrected chi connectivity index (χ1v) is 7.15. The van der Waals surface area contributed by atoms with E-state index in [0.29, 0.717) is 12.8 Å². The van der Waals surface area contributed by atoms with E-state index in [9.17, 15) is 9.59 Å². The van der Waals surface area contributed by atoms with Gasteiger partial charge in [0.05, 0.1) is 6.54 Å². The summed E-state index contributed by atoms with van der Waals surface area (Å²) >= 11 is 0. The summed E-state index contributed by atoms with van der Waals surface area (Å²) in [6.07, 6.45) is 2.12. The van der Waals surface area contributed by atoms with Crippen LogP contribution in [-0.2, 0) is 22.4 Å². The van der Waals surface area contributed by atoms with Gasteiger partial charge in [-0.25, -0.2) is 0 Å². The van der Waals surface area contributed by atoms with Crippen LogP contribution in [0, 0.1) is 0 Å². The highest BCUT2D eigenvalue weighted by molar-refractivity contribution is 5.84. The number of benzene rings is 1. The van der Waals surface area contributed by atoms with E-state index >= 15 is 0 Å². The monoisotopic (exact) mass is 276 g/mol. The molecule has 0 aromatic heterocycles. The van der Waals surface area contributed by atoms with Crippen molar-refractivity contribution in [1.82, 2.24) is 10.6 Å². The predicted octanol–water partition coefficient (Wildman–Crippen LogP) is 1.82. The third-order valence-electron chi connectivity index (χ3n) is 2.97. The molecule has 0 radical (unpaired) electrons. The minimum atomic E-state index is -0.152. The minimum Gasteiger partial charge on any atom is -0.352 e. The van der Waals surface area contributed by atoms with Gasteiger partial charge in [0, 0.05) is 12.5 Å². The third kappa shape index (κ3) is 6.36. The molecular formula is C16H24N2O2. The second-order valence-electron chi connectivity index (χ2n) is 5.17. The molecule has 1 aromatic carbocycles. The molecule has 0 fully saturated rings. The molecule has 20 heavy (non-hydrogen) atoms. The molecule has 0 spiro atoms. The van der Waals surface area contributed by atoms with Gasteiger partial charge in [-0.1, -0.05) is 31.2 Å². The van der Waals surface area contributed by atoms with Gasteiger partial charge < -0.3 is 10.6 Å². The third-order valence-corrected chi connectivity index (χ3v) is 2.97. The minimum absolute atomic E-state index is 0.0474. The van der Waals surface area contributed by atoms with Crippen molar-refractivity contribution < 1.29 is 9.59 Å². The molecule has 0 saturated carbocycles. The van der Waals surface area contributed by atoms with Gasteiger partial charge in [0.1, 0.15) is 0 Å². The lowest BCUT2D eigenvalue weighted by Crippen LogP contribution is -2.39. The van der Waals surface area contributed by atoms with Gasteiger partial charge in [0.15, 0.2) is 0 Å². The van der Waals surface area contributed by atoms with Gasteiger partial charge in [-0.2, -0.15) is 0 Å². The van der Waals surface area contributed by atoms with E-state index < -0.39 is 0 Å². The summed E-state index contributed by atoms with van der Waals surface area (Å²) in [6.45, 7) is 5.94. The first kappa shape index (κ1) is 16.2. The van der Waals surface area contributed by atoms with Crippen LogP contribution in [0.2, 0.25) is 0 Å². The number of aryl methyl sites for hydroxylation is 2.